The number of aliphatic hydroxyl groups is 1. The maximum absolute atomic E-state index is 13.2. The van der Waals surface area contributed by atoms with E-state index >= 15 is 0 Å². The Labute approximate surface area is 187 Å². The molecule has 6 heteroatoms. The van der Waals surface area contributed by atoms with Crippen molar-refractivity contribution < 1.29 is 14.7 Å². The van der Waals surface area contributed by atoms with Gasteiger partial charge in [-0.2, -0.15) is 0 Å². The van der Waals surface area contributed by atoms with Crippen LogP contribution in [0.5, 0.6) is 0 Å². The minimum atomic E-state index is -0.765. The number of Topliss-reactive ketones (excluding diaryl/α,β-unsaturated/α-hetero) is 1. The third-order valence-corrected chi connectivity index (χ3v) is 6.62. The molecular formula is C25H16ClNO3S. The molecule has 31 heavy (non-hydrogen) atoms. The second kappa shape index (κ2) is 7.69. The molecule has 1 aliphatic rings. The lowest BCUT2D eigenvalue weighted by molar-refractivity contribution is -0.132. The number of amides is 1. The van der Waals surface area contributed by atoms with Gasteiger partial charge in [0.15, 0.2) is 0 Å². The number of anilines is 1. The highest BCUT2D eigenvalue weighted by Crippen LogP contribution is 2.43. The highest BCUT2D eigenvalue weighted by atomic mass is 35.5. The Morgan fingerprint density at radius 1 is 0.903 bits per heavy atom. The number of para-hydroxylation sites is 1. The monoisotopic (exact) mass is 445 g/mol. The maximum atomic E-state index is 13.2. The molecule has 4 nitrogen and oxygen atoms in total. The lowest BCUT2D eigenvalue weighted by Gasteiger charge is -2.25. The van der Waals surface area contributed by atoms with Crippen LogP contribution in [0.15, 0.2) is 89.8 Å². The van der Waals surface area contributed by atoms with E-state index in [-0.39, 0.29) is 11.3 Å². The molecule has 1 unspecified atom stereocenters. The Morgan fingerprint density at radius 3 is 2.32 bits per heavy atom. The van der Waals surface area contributed by atoms with Crippen LogP contribution in [0.4, 0.5) is 5.69 Å². The number of aliphatic hydroxyl groups excluding tert-OH is 1. The molecule has 1 N–H and O–H groups in total. The fourth-order valence-electron chi connectivity index (χ4n) is 3.95. The van der Waals surface area contributed by atoms with Crippen molar-refractivity contribution in [2.75, 3.05) is 4.90 Å². The summed E-state index contributed by atoms with van der Waals surface area (Å²) in [7, 11) is 0. The predicted octanol–water partition coefficient (Wildman–Crippen LogP) is 6.18. The smallest absolute Gasteiger partial charge is 0.300 e. The topological polar surface area (TPSA) is 57.6 Å². The summed E-state index contributed by atoms with van der Waals surface area (Å²) < 4.78 is 0.990. The number of fused-ring (bicyclic) bond motifs is 1. The SMILES string of the molecule is O=C1C(=O)N(c2ccccc2)C(c2ccc(Cl)cc2)C1=C(O)c1csc2ccccc12. The van der Waals surface area contributed by atoms with Crippen molar-refractivity contribution in [3.05, 3.63) is 106 Å². The van der Waals surface area contributed by atoms with Crippen LogP contribution in [0, 0.1) is 0 Å². The first-order valence-electron chi connectivity index (χ1n) is 9.64. The van der Waals surface area contributed by atoms with Gasteiger partial charge in [0.1, 0.15) is 5.76 Å². The van der Waals surface area contributed by atoms with E-state index < -0.39 is 17.7 Å². The largest absolute Gasteiger partial charge is 0.507 e. The van der Waals surface area contributed by atoms with Gasteiger partial charge in [-0.15, -0.1) is 11.3 Å². The first-order valence-corrected chi connectivity index (χ1v) is 10.9. The Balaban J connectivity index is 1.76. The van der Waals surface area contributed by atoms with Crippen LogP contribution in [0.2, 0.25) is 5.02 Å². The van der Waals surface area contributed by atoms with Gasteiger partial charge in [-0.1, -0.05) is 60.1 Å². The number of benzene rings is 3. The van der Waals surface area contributed by atoms with E-state index in [0.29, 0.717) is 21.8 Å². The van der Waals surface area contributed by atoms with Gasteiger partial charge >= 0.3 is 0 Å². The summed E-state index contributed by atoms with van der Waals surface area (Å²) in [6.45, 7) is 0. The number of nitrogens with zero attached hydrogens (tertiary/aromatic N) is 1. The van der Waals surface area contributed by atoms with Gasteiger partial charge in [0.05, 0.1) is 11.6 Å². The van der Waals surface area contributed by atoms with E-state index in [1.807, 2.05) is 35.7 Å². The molecule has 2 heterocycles. The first kappa shape index (κ1) is 19.5. The Hall–Kier alpha value is -3.41. The van der Waals surface area contributed by atoms with Crippen molar-refractivity contribution in [2.45, 2.75) is 6.04 Å². The molecule has 1 aliphatic heterocycles. The second-order valence-electron chi connectivity index (χ2n) is 7.20. The molecule has 5 rings (SSSR count). The van der Waals surface area contributed by atoms with E-state index in [1.165, 1.54) is 16.2 Å². The molecule has 1 saturated heterocycles. The van der Waals surface area contributed by atoms with Gasteiger partial charge in [0.25, 0.3) is 11.7 Å². The van der Waals surface area contributed by atoms with Crippen LogP contribution >= 0.6 is 22.9 Å². The fourth-order valence-corrected chi connectivity index (χ4v) is 5.03. The Kier molecular flexibility index (Phi) is 4.85. The molecule has 0 saturated carbocycles. The molecule has 1 atom stereocenters. The maximum Gasteiger partial charge on any atom is 0.300 e. The van der Waals surface area contributed by atoms with E-state index in [0.717, 1.165) is 10.1 Å². The van der Waals surface area contributed by atoms with Gasteiger partial charge in [-0.3, -0.25) is 14.5 Å². The minimum Gasteiger partial charge on any atom is -0.507 e. The molecule has 1 fully saturated rings. The van der Waals surface area contributed by atoms with Crippen molar-refractivity contribution >= 4 is 56.2 Å². The zero-order chi connectivity index (χ0) is 21.5. The van der Waals surface area contributed by atoms with Gasteiger partial charge in [0, 0.05) is 31.7 Å². The zero-order valence-corrected chi connectivity index (χ0v) is 17.7. The zero-order valence-electron chi connectivity index (χ0n) is 16.2. The van der Waals surface area contributed by atoms with Crippen molar-refractivity contribution in [2.24, 2.45) is 0 Å². The summed E-state index contributed by atoms with van der Waals surface area (Å²) in [5.41, 5.74) is 1.89. The third kappa shape index (κ3) is 3.23. The number of thiophene rings is 1. The molecule has 0 radical (unpaired) electrons. The third-order valence-electron chi connectivity index (χ3n) is 5.40. The first-order chi connectivity index (χ1) is 15.1. The van der Waals surface area contributed by atoms with Gasteiger partial charge in [-0.25, -0.2) is 0 Å². The molecule has 0 bridgehead atoms. The van der Waals surface area contributed by atoms with Gasteiger partial charge in [0.2, 0.25) is 0 Å². The van der Waals surface area contributed by atoms with Crippen molar-refractivity contribution in [3.8, 4) is 0 Å². The molecule has 0 spiro atoms. The Bertz CT molecular complexity index is 1340. The lowest BCUT2D eigenvalue weighted by atomic mass is 9.95. The Morgan fingerprint density at radius 2 is 1.58 bits per heavy atom. The number of halogens is 1. The van der Waals surface area contributed by atoms with E-state index in [1.54, 1.807) is 48.5 Å². The second-order valence-corrected chi connectivity index (χ2v) is 8.55. The van der Waals surface area contributed by atoms with Crippen LogP contribution in [0.1, 0.15) is 17.2 Å². The highest BCUT2D eigenvalue weighted by Gasteiger charge is 2.47. The van der Waals surface area contributed by atoms with E-state index in [2.05, 4.69) is 0 Å². The van der Waals surface area contributed by atoms with Crippen LogP contribution in [-0.2, 0) is 9.59 Å². The van der Waals surface area contributed by atoms with Gasteiger partial charge in [-0.05, 0) is 35.9 Å². The molecule has 1 aromatic heterocycles. The number of hydrogen-bond donors (Lipinski definition) is 1. The number of carbonyl (C=O) groups excluding carboxylic acids is 2. The minimum absolute atomic E-state index is 0.0692. The standard InChI is InChI=1S/C25H16ClNO3S/c26-16-12-10-15(11-13-16)22-21(23(28)19-14-31-20-9-5-4-8-18(19)20)24(29)25(30)27(22)17-6-2-1-3-7-17/h1-14,22,28H. The lowest BCUT2D eigenvalue weighted by Crippen LogP contribution is -2.29. The van der Waals surface area contributed by atoms with Crippen LogP contribution < -0.4 is 4.90 Å². The van der Waals surface area contributed by atoms with Crippen molar-refractivity contribution in [1.29, 1.82) is 0 Å². The van der Waals surface area contributed by atoms with Gasteiger partial charge < -0.3 is 5.11 Å². The number of hydrogen-bond acceptors (Lipinski definition) is 4. The van der Waals surface area contributed by atoms with Crippen LogP contribution in [0.3, 0.4) is 0 Å². The number of carbonyl (C=O) groups is 2. The van der Waals surface area contributed by atoms with Crippen LogP contribution in [-0.4, -0.2) is 16.8 Å². The molecule has 3 aromatic carbocycles. The van der Waals surface area contributed by atoms with Crippen LogP contribution in [0.25, 0.3) is 15.8 Å². The average Bonchev–Trinajstić information content (AvgIpc) is 3.34. The molecule has 152 valence electrons. The summed E-state index contributed by atoms with van der Waals surface area (Å²) in [5.74, 6) is -1.56. The number of ketones is 1. The molecule has 0 aliphatic carbocycles. The summed E-state index contributed by atoms with van der Waals surface area (Å²) in [4.78, 5) is 27.7. The normalized spacial score (nSPS) is 18.1. The molecular weight excluding hydrogens is 430 g/mol. The quantitative estimate of drug-likeness (QED) is 0.232. The van der Waals surface area contributed by atoms with Crippen molar-refractivity contribution in [3.63, 3.8) is 0 Å². The summed E-state index contributed by atoms with van der Waals surface area (Å²) in [5, 5.41) is 14.5. The molecule has 1 amide bonds. The van der Waals surface area contributed by atoms with Crippen molar-refractivity contribution in [1.82, 2.24) is 0 Å². The summed E-state index contributed by atoms with van der Waals surface area (Å²) in [6, 6.07) is 22.8. The average molecular weight is 446 g/mol. The molecule has 4 aromatic rings. The fraction of sp³-hybridized carbons (Fsp3) is 0.0400. The highest BCUT2D eigenvalue weighted by molar-refractivity contribution is 7.17. The number of rotatable bonds is 3. The summed E-state index contributed by atoms with van der Waals surface area (Å²) >= 11 is 7.54. The summed E-state index contributed by atoms with van der Waals surface area (Å²) in [6.07, 6.45) is 0. The van der Waals surface area contributed by atoms with E-state index in [4.69, 9.17) is 11.6 Å². The van der Waals surface area contributed by atoms with E-state index in [9.17, 15) is 14.7 Å². The predicted molar refractivity (Wildman–Crippen MR) is 125 cm³/mol.